The van der Waals surface area contributed by atoms with Gasteiger partial charge in [-0.1, -0.05) is 34.6 Å². The van der Waals surface area contributed by atoms with Crippen LogP contribution >= 0.6 is 0 Å². The molecule has 1 fully saturated rings. The first-order chi connectivity index (χ1) is 7.40. The number of nitrogens with two attached hydrogens (primary N) is 1. The Kier molecular flexibility index (Phi) is 4.81. The van der Waals surface area contributed by atoms with Gasteiger partial charge in [-0.3, -0.25) is 4.90 Å². The fourth-order valence-electron chi connectivity index (χ4n) is 2.76. The molecule has 2 N–H and O–H groups in total. The maximum Gasteiger partial charge on any atom is 0.0295 e. The third kappa shape index (κ3) is 3.74. The maximum atomic E-state index is 6.33. The molecular weight excluding hydrogens is 196 g/mol. The second-order valence-corrected chi connectivity index (χ2v) is 6.41. The van der Waals surface area contributed by atoms with Crippen molar-refractivity contribution < 1.29 is 0 Å². The summed E-state index contributed by atoms with van der Waals surface area (Å²) in [5.41, 5.74) is 6.61. The van der Waals surface area contributed by atoms with Crippen molar-refractivity contribution in [3.8, 4) is 0 Å². The standard InChI is InChI=1S/C14H30N2/c1-6-12(15)13(14(3,4)5)16(7-2)10-11-8-9-11/h11-13H,6-10,15H2,1-5H3. The normalized spacial score (nSPS) is 21.2. The third-order valence-electron chi connectivity index (χ3n) is 3.75. The quantitative estimate of drug-likeness (QED) is 0.754. The molecule has 0 heterocycles. The van der Waals surface area contributed by atoms with Gasteiger partial charge in [-0.25, -0.2) is 0 Å². The van der Waals surface area contributed by atoms with Crippen LogP contribution < -0.4 is 5.73 Å². The minimum Gasteiger partial charge on any atom is -0.326 e. The molecule has 16 heavy (non-hydrogen) atoms. The lowest BCUT2D eigenvalue weighted by Crippen LogP contribution is -2.55. The van der Waals surface area contributed by atoms with Gasteiger partial charge in [0.15, 0.2) is 0 Å². The van der Waals surface area contributed by atoms with Crippen LogP contribution in [0.5, 0.6) is 0 Å². The zero-order valence-electron chi connectivity index (χ0n) is 11.8. The molecule has 0 bridgehead atoms. The van der Waals surface area contributed by atoms with E-state index in [0.717, 1.165) is 18.9 Å². The minimum atomic E-state index is 0.278. The van der Waals surface area contributed by atoms with E-state index < -0.39 is 0 Å². The molecule has 1 rings (SSSR count). The van der Waals surface area contributed by atoms with Gasteiger partial charge in [-0.05, 0) is 37.1 Å². The van der Waals surface area contributed by atoms with Gasteiger partial charge in [0.1, 0.15) is 0 Å². The van der Waals surface area contributed by atoms with Crippen molar-refractivity contribution in [3.63, 3.8) is 0 Å². The summed E-state index contributed by atoms with van der Waals surface area (Å²) < 4.78 is 0. The fourth-order valence-corrected chi connectivity index (χ4v) is 2.76. The van der Waals surface area contributed by atoms with Gasteiger partial charge in [0.2, 0.25) is 0 Å². The molecule has 0 aliphatic heterocycles. The van der Waals surface area contributed by atoms with E-state index in [1.165, 1.54) is 19.4 Å². The van der Waals surface area contributed by atoms with E-state index in [9.17, 15) is 0 Å². The summed E-state index contributed by atoms with van der Waals surface area (Å²) in [5.74, 6) is 0.953. The zero-order chi connectivity index (χ0) is 12.3. The molecule has 1 saturated carbocycles. The molecule has 2 unspecified atom stereocenters. The van der Waals surface area contributed by atoms with E-state index in [1.807, 2.05) is 0 Å². The number of hydrogen-bond donors (Lipinski definition) is 1. The van der Waals surface area contributed by atoms with Crippen molar-refractivity contribution in [2.75, 3.05) is 13.1 Å². The second kappa shape index (κ2) is 5.50. The number of nitrogens with zero attached hydrogens (tertiary/aromatic N) is 1. The number of rotatable bonds is 6. The molecule has 2 atom stereocenters. The molecule has 0 amide bonds. The highest BCUT2D eigenvalue weighted by atomic mass is 15.2. The lowest BCUT2D eigenvalue weighted by molar-refractivity contribution is 0.0766. The van der Waals surface area contributed by atoms with Gasteiger partial charge in [-0.2, -0.15) is 0 Å². The highest BCUT2D eigenvalue weighted by molar-refractivity contribution is 4.92. The summed E-state index contributed by atoms with van der Waals surface area (Å²) in [6, 6.07) is 0.821. The highest BCUT2D eigenvalue weighted by Gasteiger charge is 2.36. The van der Waals surface area contributed by atoms with Gasteiger partial charge < -0.3 is 5.73 Å². The molecule has 2 nitrogen and oxygen atoms in total. The Morgan fingerprint density at radius 2 is 1.81 bits per heavy atom. The highest BCUT2D eigenvalue weighted by Crippen LogP contribution is 2.34. The summed E-state index contributed by atoms with van der Waals surface area (Å²) in [6.07, 6.45) is 3.92. The third-order valence-corrected chi connectivity index (χ3v) is 3.75. The summed E-state index contributed by atoms with van der Waals surface area (Å²) >= 11 is 0. The first-order valence-corrected chi connectivity index (χ1v) is 6.89. The first-order valence-electron chi connectivity index (χ1n) is 6.89. The molecule has 1 aliphatic carbocycles. The summed E-state index contributed by atoms with van der Waals surface area (Å²) in [5, 5.41) is 0. The Labute approximate surface area is 102 Å². The van der Waals surface area contributed by atoms with Crippen LogP contribution in [-0.2, 0) is 0 Å². The van der Waals surface area contributed by atoms with Crippen molar-refractivity contribution in [2.45, 2.75) is 66.0 Å². The summed E-state index contributed by atoms with van der Waals surface area (Å²) in [4.78, 5) is 2.62. The summed E-state index contributed by atoms with van der Waals surface area (Å²) in [6.45, 7) is 13.8. The Hall–Kier alpha value is -0.0800. The lowest BCUT2D eigenvalue weighted by Gasteiger charge is -2.43. The van der Waals surface area contributed by atoms with Crippen LogP contribution in [0.15, 0.2) is 0 Å². The molecular formula is C14H30N2. The van der Waals surface area contributed by atoms with Crippen molar-refractivity contribution in [3.05, 3.63) is 0 Å². The predicted octanol–water partition coefficient (Wildman–Crippen LogP) is 2.87. The monoisotopic (exact) mass is 226 g/mol. The van der Waals surface area contributed by atoms with Gasteiger partial charge in [0.05, 0.1) is 0 Å². The van der Waals surface area contributed by atoms with Gasteiger partial charge in [0, 0.05) is 18.6 Å². The van der Waals surface area contributed by atoms with Gasteiger partial charge in [0.25, 0.3) is 0 Å². The molecule has 0 aromatic carbocycles. The van der Waals surface area contributed by atoms with Crippen molar-refractivity contribution >= 4 is 0 Å². The van der Waals surface area contributed by atoms with Gasteiger partial charge >= 0.3 is 0 Å². The average molecular weight is 226 g/mol. The van der Waals surface area contributed by atoms with Crippen LogP contribution in [-0.4, -0.2) is 30.1 Å². The molecule has 0 spiro atoms. The molecule has 2 heteroatoms. The Morgan fingerprint density at radius 3 is 2.12 bits per heavy atom. The fraction of sp³-hybridized carbons (Fsp3) is 1.00. The first kappa shape index (κ1) is 14.0. The lowest BCUT2D eigenvalue weighted by atomic mass is 9.80. The Bertz CT molecular complexity index is 203. The second-order valence-electron chi connectivity index (χ2n) is 6.41. The zero-order valence-corrected chi connectivity index (χ0v) is 11.8. The van der Waals surface area contributed by atoms with Gasteiger partial charge in [-0.15, -0.1) is 0 Å². The van der Waals surface area contributed by atoms with Crippen molar-refractivity contribution in [2.24, 2.45) is 17.1 Å². The minimum absolute atomic E-state index is 0.278. The van der Waals surface area contributed by atoms with E-state index in [1.54, 1.807) is 0 Å². The SMILES string of the molecule is CCC(N)C(N(CC)CC1CC1)C(C)(C)C. The maximum absolute atomic E-state index is 6.33. The Morgan fingerprint density at radius 1 is 1.25 bits per heavy atom. The van der Waals surface area contributed by atoms with E-state index in [4.69, 9.17) is 5.73 Å². The average Bonchev–Trinajstić information content (AvgIpc) is 2.98. The largest absolute Gasteiger partial charge is 0.326 e. The number of hydrogen-bond acceptors (Lipinski definition) is 2. The molecule has 0 saturated heterocycles. The van der Waals surface area contributed by atoms with E-state index >= 15 is 0 Å². The number of likely N-dealkylation sites (N-methyl/N-ethyl adjacent to an activating group) is 1. The topological polar surface area (TPSA) is 29.3 Å². The van der Waals surface area contributed by atoms with Crippen molar-refractivity contribution in [1.29, 1.82) is 0 Å². The Balaban J connectivity index is 2.70. The van der Waals surface area contributed by atoms with Crippen LogP contribution in [0.2, 0.25) is 0 Å². The van der Waals surface area contributed by atoms with E-state index in [-0.39, 0.29) is 5.41 Å². The van der Waals surface area contributed by atoms with Crippen LogP contribution in [0, 0.1) is 11.3 Å². The van der Waals surface area contributed by atoms with Crippen LogP contribution in [0.1, 0.15) is 53.9 Å². The van der Waals surface area contributed by atoms with Crippen LogP contribution in [0.4, 0.5) is 0 Å². The molecule has 0 aromatic heterocycles. The van der Waals surface area contributed by atoms with E-state index in [2.05, 4.69) is 39.5 Å². The predicted molar refractivity (Wildman–Crippen MR) is 71.5 cm³/mol. The van der Waals surface area contributed by atoms with Crippen LogP contribution in [0.3, 0.4) is 0 Å². The van der Waals surface area contributed by atoms with Crippen molar-refractivity contribution in [1.82, 2.24) is 4.90 Å². The molecule has 96 valence electrons. The molecule has 0 radical (unpaired) electrons. The summed E-state index contributed by atoms with van der Waals surface area (Å²) in [7, 11) is 0. The molecule has 1 aliphatic rings. The van der Waals surface area contributed by atoms with Crippen LogP contribution in [0.25, 0.3) is 0 Å². The van der Waals surface area contributed by atoms with E-state index in [0.29, 0.717) is 12.1 Å². The smallest absolute Gasteiger partial charge is 0.0295 e. The molecule has 0 aromatic rings.